The fraction of sp³-hybridized carbons (Fsp3) is 0.500. The maximum absolute atomic E-state index is 13.3. The number of halogens is 1. The second-order valence-electron chi connectivity index (χ2n) is 5.29. The van der Waals surface area contributed by atoms with Crippen LogP contribution in [0.3, 0.4) is 0 Å². The second kappa shape index (κ2) is 6.50. The molecule has 0 heterocycles. The second-order valence-corrected chi connectivity index (χ2v) is 5.29. The minimum Gasteiger partial charge on any atom is -0.352 e. The Balaban J connectivity index is 2.28. The van der Waals surface area contributed by atoms with Gasteiger partial charge in [0.15, 0.2) is 0 Å². The maximum Gasteiger partial charge on any atom is 0.221 e. The van der Waals surface area contributed by atoms with Gasteiger partial charge in [-0.15, -0.1) is 0 Å². The molecule has 0 fully saturated rings. The van der Waals surface area contributed by atoms with Crippen molar-refractivity contribution in [3.63, 3.8) is 0 Å². The lowest BCUT2D eigenvalue weighted by atomic mass is 10.1. The van der Waals surface area contributed by atoms with Crippen LogP contribution in [0.15, 0.2) is 24.3 Å². The Bertz CT molecular complexity index is 399. The van der Waals surface area contributed by atoms with Crippen molar-refractivity contribution in [1.29, 1.82) is 0 Å². The van der Waals surface area contributed by atoms with E-state index in [1.54, 1.807) is 18.2 Å². The summed E-state index contributed by atoms with van der Waals surface area (Å²) in [5.41, 5.74) is 0.515. The molecule has 0 spiro atoms. The van der Waals surface area contributed by atoms with E-state index < -0.39 is 0 Å². The standard InChI is InChI=1S/C14H21FN2O/c1-14(2,3)17-9-8-13(18)16-10-11-6-4-5-7-12(11)15/h4-7,17H,8-10H2,1-3H3,(H,16,18). The largest absolute Gasteiger partial charge is 0.352 e. The highest BCUT2D eigenvalue weighted by molar-refractivity contribution is 5.76. The molecular formula is C14H21FN2O. The number of benzene rings is 1. The molecule has 0 atom stereocenters. The van der Waals surface area contributed by atoms with Crippen molar-refractivity contribution in [2.75, 3.05) is 6.54 Å². The number of carbonyl (C=O) groups excluding carboxylic acids is 1. The Hall–Kier alpha value is -1.42. The SMILES string of the molecule is CC(C)(C)NCCC(=O)NCc1ccccc1F. The van der Waals surface area contributed by atoms with Gasteiger partial charge >= 0.3 is 0 Å². The van der Waals surface area contributed by atoms with Crippen molar-refractivity contribution in [2.45, 2.75) is 39.3 Å². The quantitative estimate of drug-likeness (QED) is 0.843. The average molecular weight is 252 g/mol. The number of rotatable bonds is 5. The average Bonchev–Trinajstić information content (AvgIpc) is 2.26. The summed E-state index contributed by atoms with van der Waals surface area (Å²) in [4.78, 5) is 11.5. The lowest BCUT2D eigenvalue weighted by Crippen LogP contribution is -2.38. The molecule has 4 heteroatoms. The third kappa shape index (κ3) is 5.77. The van der Waals surface area contributed by atoms with E-state index in [1.807, 2.05) is 20.8 Å². The van der Waals surface area contributed by atoms with E-state index in [0.29, 0.717) is 18.5 Å². The highest BCUT2D eigenvalue weighted by Gasteiger charge is 2.09. The molecule has 0 aliphatic heterocycles. The minimum atomic E-state index is -0.286. The van der Waals surface area contributed by atoms with Gasteiger partial charge in [0.2, 0.25) is 5.91 Å². The predicted molar refractivity (Wildman–Crippen MR) is 70.6 cm³/mol. The molecule has 1 aromatic carbocycles. The van der Waals surface area contributed by atoms with Crippen LogP contribution in [0.2, 0.25) is 0 Å². The smallest absolute Gasteiger partial charge is 0.221 e. The first-order chi connectivity index (χ1) is 8.38. The van der Waals surface area contributed by atoms with Crippen molar-refractivity contribution in [1.82, 2.24) is 10.6 Å². The molecule has 0 unspecified atom stereocenters. The van der Waals surface area contributed by atoms with Gasteiger partial charge in [0, 0.05) is 30.6 Å². The first kappa shape index (κ1) is 14.6. The minimum absolute atomic E-state index is 0.00577. The van der Waals surface area contributed by atoms with Crippen LogP contribution in [-0.2, 0) is 11.3 Å². The summed E-state index contributed by atoms with van der Waals surface area (Å²) < 4.78 is 13.3. The third-order valence-electron chi connectivity index (χ3n) is 2.44. The summed E-state index contributed by atoms with van der Waals surface area (Å²) in [5, 5.41) is 5.93. The molecule has 0 aromatic heterocycles. The van der Waals surface area contributed by atoms with Crippen molar-refractivity contribution in [3.8, 4) is 0 Å². The van der Waals surface area contributed by atoms with E-state index in [4.69, 9.17) is 0 Å². The lowest BCUT2D eigenvalue weighted by Gasteiger charge is -2.20. The fourth-order valence-electron chi connectivity index (χ4n) is 1.47. The summed E-state index contributed by atoms with van der Waals surface area (Å²) in [6.07, 6.45) is 0.395. The van der Waals surface area contributed by atoms with Crippen LogP contribution in [-0.4, -0.2) is 18.0 Å². The topological polar surface area (TPSA) is 41.1 Å². The van der Waals surface area contributed by atoms with Gasteiger partial charge in [-0.05, 0) is 26.8 Å². The van der Waals surface area contributed by atoms with E-state index in [0.717, 1.165) is 0 Å². The summed E-state index contributed by atoms with van der Waals surface area (Å²) in [5.74, 6) is -0.361. The van der Waals surface area contributed by atoms with Crippen LogP contribution in [0.4, 0.5) is 4.39 Å². The molecule has 0 radical (unpaired) electrons. The van der Waals surface area contributed by atoms with E-state index in [2.05, 4.69) is 10.6 Å². The van der Waals surface area contributed by atoms with Crippen LogP contribution in [0, 0.1) is 5.82 Å². The molecule has 1 aromatic rings. The molecule has 1 rings (SSSR count). The molecule has 0 aliphatic rings. The molecule has 100 valence electrons. The molecule has 0 aliphatic carbocycles. The molecule has 0 bridgehead atoms. The molecule has 18 heavy (non-hydrogen) atoms. The van der Waals surface area contributed by atoms with E-state index >= 15 is 0 Å². The zero-order chi connectivity index (χ0) is 13.6. The first-order valence-electron chi connectivity index (χ1n) is 6.13. The van der Waals surface area contributed by atoms with Gasteiger partial charge < -0.3 is 10.6 Å². The van der Waals surface area contributed by atoms with Crippen molar-refractivity contribution < 1.29 is 9.18 Å². The highest BCUT2D eigenvalue weighted by atomic mass is 19.1. The Morgan fingerprint density at radius 2 is 1.94 bits per heavy atom. The van der Waals surface area contributed by atoms with E-state index in [-0.39, 0.29) is 23.8 Å². The number of nitrogens with one attached hydrogen (secondary N) is 2. The lowest BCUT2D eigenvalue weighted by molar-refractivity contribution is -0.121. The third-order valence-corrected chi connectivity index (χ3v) is 2.44. The summed E-state index contributed by atoms with van der Waals surface area (Å²) in [7, 11) is 0. The van der Waals surface area contributed by atoms with Gasteiger partial charge in [-0.1, -0.05) is 18.2 Å². The van der Waals surface area contributed by atoms with Crippen molar-refractivity contribution >= 4 is 5.91 Å². The van der Waals surface area contributed by atoms with Gasteiger partial charge in [0.1, 0.15) is 5.82 Å². The monoisotopic (exact) mass is 252 g/mol. The normalized spacial score (nSPS) is 11.3. The zero-order valence-corrected chi connectivity index (χ0v) is 11.2. The fourth-order valence-corrected chi connectivity index (χ4v) is 1.47. The van der Waals surface area contributed by atoms with E-state index in [1.165, 1.54) is 6.07 Å². The summed E-state index contributed by atoms with van der Waals surface area (Å²) in [6.45, 7) is 6.99. The summed E-state index contributed by atoms with van der Waals surface area (Å²) in [6, 6.07) is 6.45. The Morgan fingerprint density at radius 3 is 2.56 bits per heavy atom. The van der Waals surface area contributed by atoms with Gasteiger partial charge in [-0.3, -0.25) is 4.79 Å². The number of hydrogen-bond donors (Lipinski definition) is 2. The molecule has 1 amide bonds. The number of hydrogen-bond acceptors (Lipinski definition) is 2. The van der Waals surface area contributed by atoms with Crippen LogP contribution in [0.25, 0.3) is 0 Å². The first-order valence-corrected chi connectivity index (χ1v) is 6.13. The zero-order valence-electron chi connectivity index (χ0n) is 11.2. The van der Waals surface area contributed by atoms with Gasteiger partial charge in [0.25, 0.3) is 0 Å². The van der Waals surface area contributed by atoms with Gasteiger partial charge in [-0.25, -0.2) is 4.39 Å². The van der Waals surface area contributed by atoms with Crippen molar-refractivity contribution in [2.24, 2.45) is 0 Å². The molecule has 3 nitrogen and oxygen atoms in total. The van der Waals surface area contributed by atoms with Crippen molar-refractivity contribution in [3.05, 3.63) is 35.6 Å². The molecule has 2 N–H and O–H groups in total. The molecule has 0 saturated heterocycles. The number of amides is 1. The maximum atomic E-state index is 13.3. The number of carbonyl (C=O) groups is 1. The summed E-state index contributed by atoms with van der Waals surface area (Å²) >= 11 is 0. The molecular weight excluding hydrogens is 231 g/mol. The predicted octanol–water partition coefficient (Wildman–Crippen LogP) is 2.22. The van der Waals surface area contributed by atoms with Crippen LogP contribution >= 0.6 is 0 Å². The highest BCUT2D eigenvalue weighted by Crippen LogP contribution is 2.05. The van der Waals surface area contributed by atoms with Crippen LogP contribution < -0.4 is 10.6 Å². The van der Waals surface area contributed by atoms with Gasteiger partial charge in [-0.2, -0.15) is 0 Å². The Labute approximate surface area is 108 Å². The Kier molecular flexibility index (Phi) is 5.28. The van der Waals surface area contributed by atoms with Crippen LogP contribution in [0.1, 0.15) is 32.8 Å². The molecule has 0 saturated carbocycles. The van der Waals surface area contributed by atoms with Crippen LogP contribution in [0.5, 0.6) is 0 Å². The Morgan fingerprint density at radius 1 is 1.28 bits per heavy atom. The van der Waals surface area contributed by atoms with E-state index in [9.17, 15) is 9.18 Å². The van der Waals surface area contributed by atoms with Gasteiger partial charge in [0.05, 0.1) is 0 Å².